The normalized spacial score (nSPS) is 14.0. The van der Waals surface area contributed by atoms with Crippen LogP contribution in [0.15, 0.2) is 16.6 Å². The van der Waals surface area contributed by atoms with E-state index in [1.807, 2.05) is 6.92 Å². The maximum absolute atomic E-state index is 9.79. The number of ether oxygens (including phenoxy) is 1. The summed E-state index contributed by atoms with van der Waals surface area (Å²) in [7, 11) is 1.76. The van der Waals surface area contributed by atoms with Gasteiger partial charge in [-0.2, -0.15) is 10.4 Å². The summed E-state index contributed by atoms with van der Waals surface area (Å²) in [5.74, 6) is 1.41. The van der Waals surface area contributed by atoms with Crippen LogP contribution in [0.2, 0.25) is 0 Å². The number of nitrogens with zero attached hydrogens (tertiary/aromatic N) is 3. The molecule has 2 aromatic rings. The summed E-state index contributed by atoms with van der Waals surface area (Å²) in [6.07, 6.45) is 2.15. The lowest BCUT2D eigenvalue weighted by molar-refractivity contribution is 0.418. The Kier molecular flexibility index (Phi) is 3.38. The Morgan fingerprint density at radius 3 is 2.81 bits per heavy atom. The van der Waals surface area contributed by atoms with Crippen molar-refractivity contribution in [2.75, 3.05) is 0 Å². The lowest BCUT2D eigenvalue weighted by atomic mass is 10.2. The van der Waals surface area contributed by atoms with Gasteiger partial charge in [-0.1, -0.05) is 0 Å². The van der Waals surface area contributed by atoms with Gasteiger partial charge in [0.1, 0.15) is 23.1 Å². The molecule has 1 saturated carbocycles. The summed E-state index contributed by atoms with van der Waals surface area (Å²) in [4.78, 5) is 0. The summed E-state index contributed by atoms with van der Waals surface area (Å²) < 4.78 is 8.05. The topological polar surface area (TPSA) is 71.1 Å². The largest absolute Gasteiger partial charge is 0.507 e. The Bertz CT molecular complexity index is 757. The molecule has 1 fully saturated rings. The number of hydrogen-bond donors (Lipinski definition) is 1. The third-order valence-electron chi connectivity index (χ3n) is 3.55. The molecule has 1 aromatic heterocycles. The molecule has 0 radical (unpaired) electrons. The van der Waals surface area contributed by atoms with E-state index in [0.717, 1.165) is 24.1 Å². The summed E-state index contributed by atoms with van der Waals surface area (Å²) in [6, 6.07) is 5.50. The van der Waals surface area contributed by atoms with E-state index in [-0.39, 0.29) is 5.75 Å². The van der Waals surface area contributed by atoms with Crippen molar-refractivity contribution in [3.63, 3.8) is 0 Å². The number of aryl methyl sites for hydroxylation is 2. The van der Waals surface area contributed by atoms with E-state index < -0.39 is 0 Å². The maximum atomic E-state index is 9.79. The second-order valence-corrected chi connectivity index (χ2v) is 6.10. The second-order valence-electron chi connectivity index (χ2n) is 5.25. The zero-order valence-electron chi connectivity index (χ0n) is 11.7. The first kappa shape index (κ1) is 14.0. The van der Waals surface area contributed by atoms with Gasteiger partial charge >= 0.3 is 0 Å². The number of phenols is 1. The SMILES string of the molecule is Cc1cc(Br)c(O)cc1Oc1c(C#N)c(C2CC2)nn1C. The average Bonchev–Trinajstić information content (AvgIpc) is 3.22. The fraction of sp³-hybridized carbons (Fsp3) is 0.333. The lowest BCUT2D eigenvalue weighted by Gasteiger charge is -2.10. The average molecular weight is 348 g/mol. The number of aromatic nitrogens is 2. The first-order valence-electron chi connectivity index (χ1n) is 6.65. The van der Waals surface area contributed by atoms with Crippen LogP contribution in [0, 0.1) is 18.3 Å². The van der Waals surface area contributed by atoms with Gasteiger partial charge in [0, 0.05) is 19.0 Å². The summed E-state index contributed by atoms with van der Waals surface area (Å²) >= 11 is 3.26. The third kappa shape index (κ3) is 2.49. The van der Waals surface area contributed by atoms with E-state index in [1.54, 1.807) is 17.8 Å². The molecule has 3 rings (SSSR count). The van der Waals surface area contributed by atoms with Crippen molar-refractivity contribution < 1.29 is 9.84 Å². The first-order valence-corrected chi connectivity index (χ1v) is 7.44. The van der Waals surface area contributed by atoms with Crippen LogP contribution in [0.1, 0.15) is 35.6 Å². The smallest absolute Gasteiger partial charge is 0.235 e. The number of rotatable bonds is 3. The summed E-state index contributed by atoms with van der Waals surface area (Å²) in [5, 5.41) is 23.6. The minimum atomic E-state index is 0.0960. The number of halogens is 1. The van der Waals surface area contributed by atoms with E-state index in [4.69, 9.17) is 4.74 Å². The van der Waals surface area contributed by atoms with Crippen molar-refractivity contribution in [1.82, 2.24) is 9.78 Å². The van der Waals surface area contributed by atoms with Crippen molar-refractivity contribution >= 4 is 15.9 Å². The molecular weight excluding hydrogens is 334 g/mol. The number of benzene rings is 1. The Morgan fingerprint density at radius 2 is 2.19 bits per heavy atom. The second kappa shape index (κ2) is 5.08. The first-order chi connectivity index (χ1) is 10.0. The van der Waals surface area contributed by atoms with E-state index in [9.17, 15) is 10.4 Å². The van der Waals surface area contributed by atoms with E-state index in [2.05, 4.69) is 27.1 Å². The third-order valence-corrected chi connectivity index (χ3v) is 4.18. The van der Waals surface area contributed by atoms with Crippen LogP contribution in [-0.2, 0) is 7.05 Å². The van der Waals surface area contributed by atoms with Gasteiger partial charge in [0.25, 0.3) is 0 Å². The van der Waals surface area contributed by atoms with Crippen LogP contribution in [0.25, 0.3) is 0 Å². The van der Waals surface area contributed by atoms with E-state index >= 15 is 0 Å². The molecule has 1 aliphatic rings. The number of aromatic hydroxyl groups is 1. The summed E-state index contributed by atoms with van der Waals surface area (Å²) in [6.45, 7) is 1.88. The highest BCUT2D eigenvalue weighted by molar-refractivity contribution is 9.10. The van der Waals surface area contributed by atoms with Crippen LogP contribution >= 0.6 is 15.9 Å². The van der Waals surface area contributed by atoms with Gasteiger partial charge in [-0.05, 0) is 47.3 Å². The predicted octanol–water partition coefficient (Wildman–Crippen LogP) is 3.74. The van der Waals surface area contributed by atoms with E-state index in [0.29, 0.717) is 27.6 Å². The maximum Gasteiger partial charge on any atom is 0.235 e. The fourth-order valence-corrected chi connectivity index (χ4v) is 2.71. The molecule has 0 aliphatic heterocycles. The lowest BCUT2D eigenvalue weighted by Crippen LogP contribution is -1.97. The molecule has 0 bridgehead atoms. The highest BCUT2D eigenvalue weighted by Crippen LogP contribution is 2.44. The molecule has 0 unspecified atom stereocenters. The molecule has 1 N–H and O–H groups in total. The highest BCUT2D eigenvalue weighted by Gasteiger charge is 2.32. The minimum absolute atomic E-state index is 0.0960. The molecule has 0 spiro atoms. The van der Waals surface area contributed by atoms with Gasteiger partial charge < -0.3 is 9.84 Å². The monoisotopic (exact) mass is 347 g/mol. The van der Waals surface area contributed by atoms with Crippen molar-refractivity contribution in [2.45, 2.75) is 25.7 Å². The Hall–Kier alpha value is -2.00. The molecular formula is C15H14BrN3O2. The Balaban J connectivity index is 2.02. The van der Waals surface area contributed by atoms with Crippen LogP contribution < -0.4 is 4.74 Å². The number of nitriles is 1. The van der Waals surface area contributed by atoms with Crippen LogP contribution in [-0.4, -0.2) is 14.9 Å². The van der Waals surface area contributed by atoms with Crippen LogP contribution in [0.5, 0.6) is 17.4 Å². The molecule has 5 nitrogen and oxygen atoms in total. The molecule has 0 amide bonds. The van der Waals surface area contributed by atoms with Crippen molar-refractivity contribution in [1.29, 1.82) is 5.26 Å². The quantitative estimate of drug-likeness (QED) is 0.917. The fourth-order valence-electron chi connectivity index (χ4n) is 2.25. The van der Waals surface area contributed by atoms with Crippen molar-refractivity contribution in [3.05, 3.63) is 33.4 Å². The molecule has 21 heavy (non-hydrogen) atoms. The van der Waals surface area contributed by atoms with Gasteiger partial charge in [-0.15, -0.1) is 0 Å². The molecule has 1 heterocycles. The van der Waals surface area contributed by atoms with Gasteiger partial charge in [0.15, 0.2) is 0 Å². The zero-order valence-corrected chi connectivity index (χ0v) is 13.3. The standard InChI is InChI=1S/C15H14BrN3O2/c1-8-5-11(16)12(20)6-13(8)21-15-10(7-17)14(9-3-4-9)18-19(15)2/h5-6,9,20H,3-4H2,1-2H3. The van der Waals surface area contributed by atoms with E-state index in [1.165, 1.54) is 6.07 Å². The Labute approximate surface area is 130 Å². The Morgan fingerprint density at radius 1 is 1.48 bits per heavy atom. The molecule has 1 aromatic carbocycles. The predicted molar refractivity (Wildman–Crippen MR) is 80.5 cm³/mol. The molecule has 1 aliphatic carbocycles. The van der Waals surface area contributed by atoms with Crippen LogP contribution in [0.4, 0.5) is 0 Å². The minimum Gasteiger partial charge on any atom is -0.507 e. The van der Waals surface area contributed by atoms with Gasteiger partial charge in [-0.25, -0.2) is 4.68 Å². The van der Waals surface area contributed by atoms with Gasteiger partial charge in [-0.3, -0.25) is 0 Å². The van der Waals surface area contributed by atoms with Crippen LogP contribution in [0.3, 0.4) is 0 Å². The molecule has 108 valence electrons. The van der Waals surface area contributed by atoms with Gasteiger partial charge in [0.05, 0.1) is 10.2 Å². The summed E-state index contributed by atoms with van der Waals surface area (Å²) in [5.41, 5.74) is 2.16. The van der Waals surface area contributed by atoms with Crippen molar-refractivity contribution in [3.8, 4) is 23.4 Å². The number of hydrogen-bond acceptors (Lipinski definition) is 4. The number of phenolic OH excluding ortho intramolecular Hbond substituents is 1. The molecule has 0 saturated heterocycles. The highest BCUT2D eigenvalue weighted by atomic mass is 79.9. The zero-order chi connectivity index (χ0) is 15.1. The van der Waals surface area contributed by atoms with Crippen molar-refractivity contribution in [2.24, 2.45) is 7.05 Å². The van der Waals surface area contributed by atoms with Gasteiger partial charge in [0.2, 0.25) is 5.88 Å². The molecule has 0 atom stereocenters. The molecule has 6 heteroatoms.